The van der Waals surface area contributed by atoms with Crippen LogP contribution in [0, 0.1) is 17.0 Å². The van der Waals surface area contributed by atoms with Gasteiger partial charge >= 0.3 is 6.03 Å². The molecule has 7 nitrogen and oxygen atoms in total. The quantitative estimate of drug-likeness (QED) is 0.649. The first-order chi connectivity index (χ1) is 8.58. The third-order valence-electron chi connectivity index (χ3n) is 2.33. The van der Waals surface area contributed by atoms with E-state index in [0.29, 0.717) is 0 Å². The standard InChI is InChI=1S/C11H10N4O3/c1-8-2-3-9(10(6-8)15(17)18)13-11(16)14-5-4-12-7-14/h2-7H,1H3,(H,13,16). The van der Waals surface area contributed by atoms with Gasteiger partial charge in [-0.25, -0.2) is 9.78 Å². The number of aromatic nitrogens is 2. The van der Waals surface area contributed by atoms with Crippen molar-refractivity contribution < 1.29 is 9.72 Å². The fourth-order valence-electron chi connectivity index (χ4n) is 1.46. The lowest BCUT2D eigenvalue weighted by molar-refractivity contribution is -0.384. The fourth-order valence-corrected chi connectivity index (χ4v) is 1.46. The molecule has 7 heteroatoms. The SMILES string of the molecule is Cc1ccc(NC(=O)n2ccnc2)c([N+](=O)[O-])c1. The number of hydrogen-bond acceptors (Lipinski definition) is 4. The van der Waals surface area contributed by atoms with Crippen molar-refractivity contribution >= 4 is 17.4 Å². The minimum absolute atomic E-state index is 0.136. The Morgan fingerprint density at radius 1 is 1.50 bits per heavy atom. The van der Waals surface area contributed by atoms with Crippen LogP contribution in [0.1, 0.15) is 5.56 Å². The summed E-state index contributed by atoms with van der Waals surface area (Å²) in [5, 5.41) is 13.3. The first-order valence-corrected chi connectivity index (χ1v) is 5.12. The third-order valence-corrected chi connectivity index (χ3v) is 2.33. The highest BCUT2D eigenvalue weighted by molar-refractivity contribution is 5.93. The molecular formula is C11H10N4O3. The molecule has 0 bridgehead atoms. The summed E-state index contributed by atoms with van der Waals surface area (Å²) in [6.07, 6.45) is 4.22. The van der Waals surface area contributed by atoms with Crippen molar-refractivity contribution in [2.24, 2.45) is 0 Å². The summed E-state index contributed by atoms with van der Waals surface area (Å²) in [5.41, 5.74) is 0.773. The molecule has 0 spiro atoms. The van der Waals surface area contributed by atoms with Gasteiger partial charge in [0, 0.05) is 18.5 Å². The number of carbonyl (C=O) groups excluding carboxylic acids is 1. The number of benzene rings is 1. The Kier molecular flexibility index (Phi) is 3.05. The van der Waals surface area contributed by atoms with Crippen molar-refractivity contribution in [3.05, 3.63) is 52.6 Å². The van der Waals surface area contributed by atoms with Gasteiger partial charge in [0.25, 0.3) is 5.69 Å². The van der Waals surface area contributed by atoms with Crippen molar-refractivity contribution in [1.29, 1.82) is 0 Å². The summed E-state index contributed by atoms with van der Waals surface area (Å²) in [5.74, 6) is 0. The summed E-state index contributed by atoms with van der Waals surface area (Å²) in [7, 11) is 0. The maximum Gasteiger partial charge on any atom is 0.331 e. The van der Waals surface area contributed by atoms with Crippen molar-refractivity contribution in [1.82, 2.24) is 9.55 Å². The van der Waals surface area contributed by atoms with Crippen LogP contribution in [0.2, 0.25) is 0 Å². The number of carbonyl (C=O) groups is 1. The van der Waals surface area contributed by atoms with Crippen molar-refractivity contribution in [2.75, 3.05) is 5.32 Å². The van der Waals surface area contributed by atoms with Gasteiger partial charge in [0.1, 0.15) is 12.0 Å². The molecule has 1 amide bonds. The second-order valence-corrected chi connectivity index (χ2v) is 3.68. The van der Waals surface area contributed by atoms with Gasteiger partial charge < -0.3 is 5.32 Å². The normalized spacial score (nSPS) is 10.1. The summed E-state index contributed by atoms with van der Waals surface area (Å²) in [6, 6.07) is 4.10. The Balaban J connectivity index is 2.29. The van der Waals surface area contributed by atoms with E-state index in [4.69, 9.17) is 0 Å². The molecular weight excluding hydrogens is 236 g/mol. The van der Waals surface area contributed by atoms with E-state index < -0.39 is 11.0 Å². The molecule has 0 saturated carbocycles. The van der Waals surface area contributed by atoms with Gasteiger partial charge in [-0.2, -0.15) is 0 Å². The van der Waals surface area contributed by atoms with Crippen LogP contribution in [0.15, 0.2) is 36.9 Å². The zero-order valence-corrected chi connectivity index (χ0v) is 9.53. The summed E-state index contributed by atoms with van der Waals surface area (Å²) in [6.45, 7) is 1.74. The number of nitrogens with one attached hydrogen (secondary N) is 1. The molecule has 92 valence electrons. The van der Waals surface area contributed by atoms with Gasteiger partial charge in [0.2, 0.25) is 0 Å². The second-order valence-electron chi connectivity index (χ2n) is 3.68. The van der Waals surface area contributed by atoms with E-state index in [9.17, 15) is 14.9 Å². The van der Waals surface area contributed by atoms with Crippen LogP contribution >= 0.6 is 0 Å². The van der Waals surface area contributed by atoms with Crippen LogP contribution in [0.4, 0.5) is 16.2 Å². The molecule has 0 unspecified atom stereocenters. The third kappa shape index (κ3) is 2.34. The van der Waals surface area contributed by atoms with Gasteiger partial charge in [0.15, 0.2) is 0 Å². The highest BCUT2D eigenvalue weighted by Crippen LogP contribution is 2.25. The Morgan fingerprint density at radius 2 is 2.28 bits per heavy atom. The molecule has 18 heavy (non-hydrogen) atoms. The first kappa shape index (κ1) is 11.8. The topological polar surface area (TPSA) is 90.1 Å². The van der Waals surface area contributed by atoms with E-state index in [2.05, 4.69) is 10.3 Å². The number of nitro groups is 1. The lowest BCUT2D eigenvalue weighted by Gasteiger charge is -2.06. The number of rotatable bonds is 2. The van der Waals surface area contributed by atoms with Crippen LogP contribution in [-0.2, 0) is 0 Å². The summed E-state index contributed by atoms with van der Waals surface area (Å²) in [4.78, 5) is 25.8. The number of amides is 1. The minimum atomic E-state index is -0.531. The molecule has 0 aliphatic heterocycles. The molecule has 0 aliphatic rings. The Hall–Kier alpha value is -2.70. The van der Waals surface area contributed by atoms with Crippen molar-refractivity contribution in [3.8, 4) is 0 Å². The number of imidazole rings is 1. The zero-order valence-electron chi connectivity index (χ0n) is 9.53. The lowest BCUT2D eigenvalue weighted by Crippen LogP contribution is -2.18. The molecule has 0 radical (unpaired) electrons. The lowest BCUT2D eigenvalue weighted by atomic mass is 10.2. The molecule has 0 aliphatic carbocycles. The molecule has 1 aromatic heterocycles. The first-order valence-electron chi connectivity index (χ1n) is 5.12. The average molecular weight is 246 g/mol. The van der Waals surface area contributed by atoms with E-state index in [1.165, 1.54) is 35.4 Å². The maximum absolute atomic E-state index is 11.7. The highest BCUT2D eigenvalue weighted by Gasteiger charge is 2.16. The molecule has 2 aromatic rings. The largest absolute Gasteiger partial charge is 0.331 e. The number of anilines is 1. The smallest absolute Gasteiger partial charge is 0.301 e. The van der Waals surface area contributed by atoms with Crippen LogP contribution < -0.4 is 5.32 Å². The van der Waals surface area contributed by atoms with Gasteiger partial charge in [-0.05, 0) is 18.6 Å². The average Bonchev–Trinajstić information content (AvgIpc) is 2.84. The molecule has 0 atom stereocenters. The Morgan fingerprint density at radius 3 is 2.89 bits per heavy atom. The Labute approximate surface area is 102 Å². The molecule has 1 aromatic carbocycles. The highest BCUT2D eigenvalue weighted by atomic mass is 16.6. The van der Waals surface area contributed by atoms with Crippen molar-refractivity contribution in [3.63, 3.8) is 0 Å². The van der Waals surface area contributed by atoms with E-state index in [1.54, 1.807) is 13.0 Å². The van der Waals surface area contributed by atoms with Gasteiger partial charge in [-0.1, -0.05) is 6.07 Å². The number of nitro benzene ring substituents is 1. The van der Waals surface area contributed by atoms with Crippen LogP contribution in [0.5, 0.6) is 0 Å². The van der Waals surface area contributed by atoms with Crippen molar-refractivity contribution in [2.45, 2.75) is 6.92 Å². The molecule has 0 saturated heterocycles. The predicted octanol–water partition coefficient (Wildman–Crippen LogP) is 2.18. The number of hydrogen-bond donors (Lipinski definition) is 1. The zero-order chi connectivity index (χ0) is 13.1. The molecule has 2 rings (SSSR count). The summed E-state index contributed by atoms with van der Waals surface area (Å²) < 4.78 is 1.20. The second kappa shape index (κ2) is 4.66. The molecule has 1 heterocycles. The van der Waals surface area contributed by atoms with E-state index >= 15 is 0 Å². The fraction of sp³-hybridized carbons (Fsp3) is 0.0909. The minimum Gasteiger partial charge on any atom is -0.301 e. The van der Waals surface area contributed by atoms with E-state index in [-0.39, 0.29) is 11.4 Å². The van der Waals surface area contributed by atoms with E-state index in [1.807, 2.05) is 0 Å². The van der Waals surface area contributed by atoms with Gasteiger partial charge in [0.05, 0.1) is 4.92 Å². The van der Waals surface area contributed by atoms with Gasteiger partial charge in [-0.3, -0.25) is 14.7 Å². The van der Waals surface area contributed by atoms with E-state index in [0.717, 1.165) is 5.56 Å². The maximum atomic E-state index is 11.7. The molecule has 0 fully saturated rings. The van der Waals surface area contributed by atoms with Crippen LogP contribution in [-0.4, -0.2) is 20.5 Å². The number of aryl methyl sites for hydroxylation is 1. The Bertz CT molecular complexity index is 592. The predicted molar refractivity (Wildman–Crippen MR) is 64.5 cm³/mol. The van der Waals surface area contributed by atoms with Crippen LogP contribution in [0.3, 0.4) is 0 Å². The summed E-state index contributed by atoms with van der Waals surface area (Å²) >= 11 is 0. The van der Waals surface area contributed by atoms with Gasteiger partial charge in [-0.15, -0.1) is 0 Å². The van der Waals surface area contributed by atoms with Crippen LogP contribution in [0.25, 0.3) is 0 Å². The number of nitrogens with zero attached hydrogens (tertiary/aromatic N) is 3. The molecule has 1 N–H and O–H groups in total. The monoisotopic (exact) mass is 246 g/mol.